The van der Waals surface area contributed by atoms with E-state index in [4.69, 9.17) is 0 Å². The van der Waals surface area contributed by atoms with E-state index in [0.29, 0.717) is 19.5 Å². The number of hydrogen-bond acceptors (Lipinski definition) is 3. The number of benzene rings is 2. The topological polar surface area (TPSA) is 42.9 Å². The molecule has 0 unspecified atom stereocenters. The van der Waals surface area contributed by atoms with Crippen LogP contribution in [0.1, 0.15) is 30.0 Å². The van der Waals surface area contributed by atoms with Gasteiger partial charge >= 0.3 is 0 Å². The van der Waals surface area contributed by atoms with E-state index in [1.165, 1.54) is 36.7 Å². The summed E-state index contributed by atoms with van der Waals surface area (Å²) in [6.07, 6.45) is 1.86. The van der Waals surface area contributed by atoms with E-state index < -0.39 is 0 Å². The van der Waals surface area contributed by atoms with Gasteiger partial charge in [0, 0.05) is 32.7 Å². The maximum atomic E-state index is 13.8. The van der Waals surface area contributed by atoms with Crippen molar-refractivity contribution in [2.45, 2.75) is 32.9 Å². The van der Waals surface area contributed by atoms with Crippen LogP contribution in [0.3, 0.4) is 0 Å². The molecule has 0 radical (unpaired) electrons. The predicted molar refractivity (Wildman–Crippen MR) is 142 cm³/mol. The maximum absolute atomic E-state index is 13.8. The Balaban J connectivity index is 0.00000363. The zero-order chi connectivity index (χ0) is 21.9. The summed E-state index contributed by atoms with van der Waals surface area (Å²) in [5, 5.41) is 6.57. The molecule has 0 bridgehead atoms. The normalized spacial score (nSPS) is 15.7. The monoisotopic (exact) mass is 553 g/mol. The quantitative estimate of drug-likeness (QED) is 0.296. The minimum atomic E-state index is -0.154. The third kappa shape index (κ3) is 9.03. The highest BCUT2D eigenvalue weighted by atomic mass is 127. The Morgan fingerprint density at radius 1 is 0.969 bits per heavy atom. The molecule has 1 aliphatic heterocycles. The van der Waals surface area contributed by atoms with E-state index in [0.717, 1.165) is 37.7 Å². The molecule has 0 saturated carbocycles. The number of nitrogens with zero attached hydrogens (tertiary/aromatic N) is 3. The van der Waals surface area contributed by atoms with Crippen molar-refractivity contribution in [1.29, 1.82) is 0 Å². The van der Waals surface area contributed by atoms with Crippen molar-refractivity contribution in [1.82, 2.24) is 20.4 Å². The molecular formula is C25H37FIN5. The fourth-order valence-corrected chi connectivity index (χ4v) is 3.80. The smallest absolute Gasteiger partial charge is 0.191 e. The predicted octanol–water partition coefficient (Wildman–Crippen LogP) is 3.88. The van der Waals surface area contributed by atoms with Crippen LogP contribution in [0.25, 0.3) is 0 Å². The Labute approximate surface area is 209 Å². The van der Waals surface area contributed by atoms with Crippen LogP contribution in [0.5, 0.6) is 0 Å². The summed E-state index contributed by atoms with van der Waals surface area (Å²) in [4.78, 5) is 9.64. The summed E-state index contributed by atoms with van der Waals surface area (Å²) in [5.41, 5.74) is 3.26. The molecule has 2 N–H and O–H groups in total. The molecule has 2 aromatic carbocycles. The van der Waals surface area contributed by atoms with Crippen LogP contribution in [0.4, 0.5) is 4.39 Å². The number of nitrogens with one attached hydrogen (secondary N) is 2. The molecule has 2 aromatic rings. The lowest BCUT2D eigenvalue weighted by atomic mass is 10.1. The molecule has 1 saturated heterocycles. The molecule has 1 heterocycles. The lowest BCUT2D eigenvalue weighted by Crippen LogP contribution is -2.38. The van der Waals surface area contributed by atoms with Crippen molar-refractivity contribution in [3.05, 3.63) is 71.0 Å². The minimum absolute atomic E-state index is 0. The maximum Gasteiger partial charge on any atom is 0.191 e. The van der Waals surface area contributed by atoms with Gasteiger partial charge in [-0.15, -0.1) is 24.0 Å². The van der Waals surface area contributed by atoms with Gasteiger partial charge in [-0.2, -0.15) is 0 Å². The van der Waals surface area contributed by atoms with Crippen LogP contribution >= 0.6 is 24.0 Å². The van der Waals surface area contributed by atoms with E-state index in [1.54, 1.807) is 6.07 Å². The van der Waals surface area contributed by atoms with Gasteiger partial charge in [-0.1, -0.05) is 42.5 Å². The number of aliphatic imine (C=N–C) groups is 1. The van der Waals surface area contributed by atoms with Crippen molar-refractivity contribution in [2.75, 3.05) is 46.3 Å². The zero-order valence-electron chi connectivity index (χ0n) is 19.3. The highest BCUT2D eigenvalue weighted by Crippen LogP contribution is 2.11. The Morgan fingerprint density at radius 3 is 2.47 bits per heavy atom. The number of halogens is 2. The van der Waals surface area contributed by atoms with E-state index in [9.17, 15) is 4.39 Å². The van der Waals surface area contributed by atoms with Crippen LogP contribution in [0.2, 0.25) is 0 Å². The van der Waals surface area contributed by atoms with Gasteiger partial charge in [-0.3, -0.25) is 4.90 Å². The molecule has 1 aliphatic rings. The van der Waals surface area contributed by atoms with Crippen LogP contribution in [0, 0.1) is 5.82 Å². The molecule has 0 aliphatic carbocycles. The molecule has 3 rings (SSSR count). The van der Waals surface area contributed by atoms with Gasteiger partial charge in [0.1, 0.15) is 5.82 Å². The summed E-state index contributed by atoms with van der Waals surface area (Å²) in [5.74, 6) is 0.607. The average molecular weight is 554 g/mol. The molecule has 32 heavy (non-hydrogen) atoms. The van der Waals surface area contributed by atoms with E-state index >= 15 is 0 Å². The van der Waals surface area contributed by atoms with E-state index in [1.807, 2.05) is 19.1 Å². The molecule has 0 aromatic heterocycles. The lowest BCUT2D eigenvalue weighted by Gasteiger charge is -2.20. The van der Waals surface area contributed by atoms with E-state index in [-0.39, 0.29) is 29.8 Å². The van der Waals surface area contributed by atoms with Crippen molar-refractivity contribution in [2.24, 2.45) is 4.99 Å². The third-order valence-electron chi connectivity index (χ3n) is 5.65. The van der Waals surface area contributed by atoms with Crippen molar-refractivity contribution in [3.8, 4) is 0 Å². The number of guanidine groups is 1. The first-order chi connectivity index (χ1) is 15.1. The Hall–Kier alpha value is -1.71. The summed E-state index contributed by atoms with van der Waals surface area (Å²) in [7, 11) is 2.20. The third-order valence-corrected chi connectivity index (χ3v) is 5.65. The largest absolute Gasteiger partial charge is 0.357 e. The summed E-state index contributed by atoms with van der Waals surface area (Å²) < 4.78 is 13.8. The van der Waals surface area contributed by atoms with Crippen molar-refractivity contribution >= 4 is 29.9 Å². The highest BCUT2D eigenvalue weighted by Gasteiger charge is 2.12. The highest BCUT2D eigenvalue weighted by molar-refractivity contribution is 14.0. The molecule has 5 nitrogen and oxygen atoms in total. The van der Waals surface area contributed by atoms with Crippen molar-refractivity contribution in [3.63, 3.8) is 0 Å². The second-order valence-electron chi connectivity index (χ2n) is 8.21. The van der Waals surface area contributed by atoms with Gasteiger partial charge in [0.25, 0.3) is 0 Å². The summed E-state index contributed by atoms with van der Waals surface area (Å²) in [6, 6.07) is 15.7. The second-order valence-corrected chi connectivity index (χ2v) is 8.21. The standard InChI is InChI=1S/C25H36FN5.HI/c1-3-27-25(28-14-13-23-7-4-5-8-24(23)26)29-19-21-9-11-22(12-10-21)20-31-16-6-15-30(2)17-18-31;/h4-5,7-12H,3,6,13-20H2,1-2H3,(H2,27,28,29);1H. The van der Waals surface area contributed by atoms with E-state index in [2.05, 4.69) is 56.7 Å². The number of hydrogen-bond donors (Lipinski definition) is 2. The molecule has 1 fully saturated rings. The van der Waals surface area contributed by atoms with Gasteiger partial charge in [-0.25, -0.2) is 9.38 Å². The van der Waals surface area contributed by atoms with Gasteiger partial charge < -0.3 is 15.5 Å². The van der Waals surface area contributed by atoms with Crippen LogP contribution in [-0.2, 0) is 19.5 Å². The van der Waals surface area contributed by atoms with Gasteiger partial charge in [0.05, 0.1) is 6.54 Å². The SMILES string of the molecule is CCNC(=NCc1ccc(CN2CCCN(C)CC2)cc1)NCCc1ccccc1F.I. The van der Waals surface area contributed by atoms with Crippen LogP contribution < -0.4 is 10.6 Å². The minimum Gasteiger partial charge on any atom is -0.357 e. The van der Waals surface area contributed by atoms with Gasteiger partial charge in [-0.05, 0) is 62.7 Å². The summed E-state index contributed by atoms with van der Waals surface area (Å²) in [6.45, 7) is 9.73. The number of likely N-dealkylation sites (N-methyl/N-ethyl adjacent to an activating group) is 1. The van der Waals surface area contributed by atoms with Crippen LogP contribution in [-0.4, -0.2) is 62.1 Å². The lowest BCUT2D eigenvalue weighted by molar-refractivity contribution is 0.269. The zero-order valence-corrected chi connectivity index (χ0v) is 21.6. The Bertz CT molecular complexity index is 827. The summed E-state index contributed by atoms with van der Waals surface area (Å²) >= 11 is 0. The average Bonchev–Trinajstić information content (AvgIpc) is 2.98. The molecule has 176 valence electrons. The first-order valence-corrected chi connectivity index (χ1v) is 11.4. The Kier molecular flexibility index (Phi) is 12.0. The molecule has 0 atom stereocenters. The second kappa shape index (κ2) is 14.4. The molecule has 0 amide bonds. The first-order valence-electron chi connectivity index (χ1n) is 11.4. The number of rotatable bonds is 8. The first kappa shape index (κ1) is 26.5. The fourth-order valence-electron chi connectivity index (χ4n) is 3.80. The fraction of sp³-hybridized carbons (Fsp3) is 0.480. The van der Waals surface area contributed by atoms with Gasteiger partial charge in [0.2, 0.25) is 0 Å². The molecule has 0 spiro atoms. The van der Waals surface area contributed by atoms with Crippen molar-refractivity contribution < 1.29 is 4.39 Å². The van der Waals surface area contributed by atoms with Crippen LogP contribution in [0.15, 0.2) is 53.5 Å². The van der Waals surface area contributed by atoms with Gasteiger partial charge in [0.15, 0.2) is 5.96 Å². The molecular weight excluding hydrogens is 516 g/mol. The Morgan fingerprint density at radius 2 is 1.72 bits per heavy atom. The molecule has 7 heteroatoms.